The highest BCUT2D eigenvalue weighted by Crippen LogP contribution is 2.32. The van der Waals surface area contributed by atoms with Gasteiger partial charge in [-0.1, -0.05) is 12.1 Å². The first-order valence-corrected chi connectivity index (χ1v) is 11.6. The van der Waals surface area contributed by atoms with E-state index in [-0.39, 0.29) is 5.56 Å². The van der Waals surface area contributed by atoms with E-state index in [1.165, 1.54) is 11.3 Å². The van der Waals surface area contributed by atoms with Crippen molar-refractivity contribution in [2.75, 3.05) is 14.2 Å². The molecule has 3 aromatic heterocycles. The first kappa shape index (κ1) is 20.4. The van der Waals surface area contributed by atoms with Crippen molar-refractivity contribution in [3.05, 3.63) is 82.4 Å². The Bertz CT molecular complexity index is 1450. The Balaban J connectivity index is 1.43. The van der Waals surface area contributed by atoms with Crippen LogP contribution in [0, 0.1) is 0 Å². The standard InChI is InChI=1S/C24H19N3O3S2/c1-29-18-8-6-15(7-9-18)21-11-20-22(32-21)24(28)27(14-25-20)12-17-13-31-23(26-17)16-4-3-5-19(10-16)30-2/h3-11,13-14H,12H2,1-2H3. The van der Waals surface area contributed by atoms with E-state index >= 15 is 0 Å². The van der Waals surface area contributed by atoms with Crippen molar-refractivity contribution in [3.8, 4) is 32.5 Å². The summed E-state index contributed by atoms with van der Waals surface area (Å²) in [5.41, 5.74) is 3.49. The second kappa shape index (κ2) is 8.57. The van der Waals surface area contributed by atoms with Crippen molar-refractivity contribution in [1.82, 2.24) is 14.5 Å². The summed E-state index contributed by atoms with van der Waals surface area (Å²) in [5.74, 6) is 1.59. The third-order valence-corrected chi connectivity index (χ3v) is 7.18. The van der Waals surface area contributed by atoms with Crippen molar-refractivity contribution >= 4 is 32.9 Å². The van der Waals surface area contributed by atoms with E-state index in [0.717, 1.165) is 38.2 Å². The number of nitrogens with zero attached hydrogens (tertiary/aromatic N) is 3. The first-order chi connectivity index (χ1) is 15.6. The summed E-state index contributed by atoms with van der Waals surface area (Å²) < 4.78 is 12.8. The lowest BCUT2D eigenvalue weighted by Gasteiger charge is -2.03. The molecule has 0 aliphatic rings. The van der Waals surface area contributed by atoms with E-state index < -0.39 is 0 Å². The van der Waals surface area contributed by atoms with Crippen LogP contribution in [-0.4, -0.2) is 28.8 Å². The van der Waals surface area contributed by atoms with Crippen molar-refractivity contribution < 1.29 is 9.47 Å². The molecule has 0 bridgehead atoms. The highest BCUT2D eigenvalue weighted by molar-refractivity contribution is 7.22. The molecular weight excluding hydrogens is 442 g/mol. The maximum Gasteiger partial charge on any atom is 0.271 e. The SMILES string of the molecule is COc1ccc(-c2cc3ncn(Cc4csc(-c5cccc(OC)c5)n4)c(=O)c3s2)cc1. The van der Waals surface area contributed by atoms with Gasteiger partial charge in [-0.3, -0.25) is 9.36 Å². The number of rotatable bonds is 6. The number of benzene rings is 2. The molecule has 0 atom stereocenters. The molecule has 0 radical (unpaired) electrons. The molecule has 0 spiro atoms. The van der Waals surface area contributed by atoms with Crippen LogP contribution in [0.1, 0.15) is 5.69 Å². The summed E-state index contributed by atoms with van der Waals surface area (Å²) in [5, 5.41) is 2.86. The minimum atomic E-state index is -0.0595. The third-order valence-electron chi connectivity index (χ3n) is 5.08. The number of hydrogen-bond acceptors (Lipinski definition) is 7. The Kier molecular flexibility index (Phi) is 5.46. The van der Waals surface area contributed by atoms with E-state index in [1.807, 2.05) is 60.0 Å². The molecule has 160 valence electrons. The Morgan fingerprint density at radius 1 is 0.969 bits per heavy atom. The van der Waals surface area contributed by atoms with Crippen LogP contribution >= 0.6 is 22.7 Å². The van der Waals surface area contributed by atoms with Crippen molar-refractivity contribution in [3.63, 3.8) is 0 Å². The molecule has 5 aromatic rings. The summed E-state index contributed by atoms with van der Waals surface area (Å²) in [7, 11) is 3.29. The Hall–Kier alpha value is -3.49. The molecule has 0 saturated heterocycles. The van der Waals surface area contributed by atoms with E-state index in [1.54, 1.807) is 36.5 Å². The zero-order chi connectivity index (χ0) is 22.1. The third kappa shape index (κ3) is 3.90. The fourth-order valence-corrected chi connectivity index (χ4v) is 5.27. The molecule has 32 heavy (non-hydrogen) atoms. The second-order valence-corrected chi connectivity index (χ2v) is 9.02. The second-order valence-electron chi connectivity index (χ2n) is 7.11. The van der Waals surface area contributed by atoms with Crippen LogP contribution in [0.5, 0.6) is 11.5 Å². The van der Waals surface area contributed by atoms with Crippen LogP contribution in [-0.2, 0) is 6.54 Å². The highest BCUT2D eigenvalue weighted by atomic mass is 32.1. The number of thiazole rings is 1. The summed E-state index contributed by atoms with van der Waals surface area (Å²) in [6.45, 7) is 0.373. The summed E-state index contributed by atoms with van der Waals surface area (Å²) in [6, 6.07) is 17.5. The molecule has 0 fully saturated rings. The molecule has 3 heterocycles. The predicted octanol–water partition coefficient (Wildman–Crippen LogP) is 5.31. The Morgan fingerprint density at radius 2 is 1.78 bits per heavy atom. The van der Waals surface area contributed by atoms with Gasteiger partial charge in [-0.25, -0.2) is 9.97 Å². The van der Waals surface area contributed by atoms with Crippen LogP contribution in [0.3, 0.4) is 0 Å². The van der Waals surface area contributed by atoms with Crippen LogP contribution in [0.15, 0.2) is 71.1 Å². The van der Waals surface area contributed by atoms with Crippen LogP contribution < -0.4 is 15.0 Å². The van der Waals surface area contributed by atoms with Gasteiger partial charge in [0.25, 0.3) is 5.56 Å². The molecule has 0 amide bonds. The van der Waals surface area contributed by atoms with E-state index in [9.17, 15) is 4.79 Å². The topological polar surface area (TPSA) is 66.2 Å². The number of thiophene rings is 1. The predicted molar refractivity (Wildman–Crippen MR) is 129 cm³/mol. The van der Waals surface area contributed by atoms with Gasteiger partial charge in [-0.2, -0.15) is 0 Å². The van der Waals surface area contributed by atoms with E-state index in [0.29, 0.717) is 16.8 Å². The quantitative estimate of drug-likeness (QED) is 0.343. The van der Waals surface area contributed by atoms with Gasteiger partial charge in [0.1, 0.15) is 21.2 Å². The van der Waals surface area contributed by atoms with Gasteiger partial charge >= 0.3 is 0 Å². The molecule has 0 aliphatic carbocycles. The van der Waals surface area contributed by atoms with Gasteiger partial charge in [-0.15, -0.1) is 22.7 Å². The van der Waals surface area contributed by atoms with E-state index in [2.05, 4.69) is 4.98 Å². The van der Waals surface area contributed by atoms with Crippen LogP contribution in [0.25, 0.3) is 31.2 Å². The lowest BCUT2D eigenvalue weighted by atomic mass is 10.2. The lowest BCUT2D eigenvalue weighted by Crippen LogP contribution is -2.20. The largest absolute Gasteiger partial charge is 0.497 e. The first-order valence-electron chi connectivity index (χ1n) is 9.87. The summed E-state index contributed by atoms with van der Waals surface area (Å²) in [6.07, 6.45) is 1.60. The summed E-state index contributed by atoms with van der Waals surface area (Å²) >= 11 is 3.00. The monoisotopic (exact) mass is 461 g/mol. The smallest absolute Gasteiger partial charge is 0.271 e. The average molecular weight is 462 g/mol. The number of methoxy groups -OCH3 is 2. The zero-order valence-electron chi connectivity index (χ0n) is 17.4. The Labute approximate surface area is 192 Å². The zero-order valence-corrected chi connectivity index (χ0v) is 19.1. The van der Waals surface area contributed by atoms with Crippen molar-refractivity contribution in [2.45, 2.75) is 6.54 Å². The van der Waals surface area contributed by atoms with Gasteiger partial charge in [0.2, 0.25) is 0 Å². The van der Waals surface area contributed by atoms with Gasteiger partial charge in [-0.05, 0) is 48.0 Å². The fraction of sp³-hybridized carbons (Fsp3) is 0.125. The number of aromatic nitrogens is 3. The minimum Gasteiger partial charge on any atom is -0.497 e. The molecule has 6 nitrogen and oxygen atoms in total. The average Bonchev–Trinajstić information content (AvgIpc) is 3.49. The molecule has 8 heteroatoms. The van der Waals surface area contributed by atoms with Gasteiger partial charge in [0.05, 0.1) is 38.3 Å². The number of fused-ring (bicyclic) bond motifs is 1. The van der Waals surface area contributed by atoms with Gasteiger partial charge < -0.3 is 9.47 Å². The minimum absolute atomic E-state index is 0.0595. The molecular formula is C24H19N3O3S2. The summed E-state index contributed by atoms with van der Waals surface area (Å²) in [4.78, 5) is 23.3. The maximum absolute atomic E-state index is 13.1. The van der Waals surface area contributed by atoms with Gasteiger partial charge in [0, 0.05) is 15.8 Å². The molecule has 0 unspecified atom stereocenters. The lowest BCUT2D eigenvalue weighted by molar-refractivity contribution is 0.415. The molecule has 5 rings (SSSR count). The molecule has 0 aliphatic heterocycles. The van der Waals surface area contributed by atoms with Gasteiger partial charge in [0.15, 0.2) is 0 Å². The fourth-order valence-electron chi connectivity index (χ4n) is 3.40. The normalized spacial score (nSPS) is 11.1. The van der Waals surface area contributed by atoms with E-state index in [4.69, 9.17) is 14.5 Å². The van der Waals surface area contributed by atoms with Crippen molar-refractivity contribution in [2.24, 2.45) is 0 Å². The molecule has 2 aromatic carbocycles. The molecule has 0 N–H and O–H groups in total. The van der Waals surface area contributed by atoms with Crippen LogP contribution in [0.4, 0.5) is 0 Å². The Morgan fingerprint density at radius 3 is 2.56 bits per heavy atom. The maximum atomic E-state index is 13.1. The highest BCUT2D eigenvalue weighted by Gasteiger charge is 2.13. The number of hydrogen-bond donors (Lipinski definition) is 0. The molecule has 0 saturated carbocycles. The van der Waals surface area contributed by atoms with Crippen molar-refractivity contribution in [1.29, 1.82) is 0 Å². The number of ether oxygens (including phenoxy) is 2. The van der Waals surface area contributed by atoms with Crippen LogP contribution in [0.2, 0.25) is 0 Å².